The van der Waals surface area contributed by atoms with Crippen molar-refractivity contribution in [1.29, 1.82) is 0 Å². The van der Waals surface area contributed by atoms with E-state index in [1.165, 1.54) is 11.3 Å². The van der Waals surface area contributed by atoms with Gasteiger partial charge < -0.3 is 10.6 Å². The molecule has 2 aromatic rings. The van der Waals surface area contributed by atoms with Crippen molar-refractivity contribution in [3.05, 3.63) is 51.2 Å². The van der Waals surface area contributed by atoms with Gasteiger partial charge in [0.25, 0.3) is 5.91 Å². The van der Waals surface area contributed by atoms with Crippen LogP contribution in [0.1, 0.15) is 15.2 Å². The zero-order valence-corrected chi connectivity index (χ0v) is 12.5. The number of hydrogen-bond donors (Lipinski definition) is 1. The summed E-state index contributed by atoms with van der Waals surface area (Å²) < 4.78 is 0.598. The molecule has 2 N–H and O–H groups in total. The average molecular weight is 311 g/mol. The van der Waals surface area contributed by atoms with Gasteiger partial charge in [0.2, 0.25) is 0 Å². The van der Waals surface area contributed by atoms with Crippen LogP contribution in [-0.2, 0) is 0 Å². The fourth-order valence-corrected chi connectivity index (χ4v) is 2.72. The highest BCUT2D eigenvalue weighted by molar-refractivity contribution is 7.80. The number of nitrogens with zero attached hydrogens (tertiary/aromatic N) is 1. The third-order valence-corrected chi connectivity index (χ3v) is 4.08. The van der Waals surface area contributed by atoms with Gasteiger partial charge in [-0.05, 0) is 36.4 Å². The summed E-state index contributed by atoms with van der Waals surface area (Å²) in [7, 11) is 1.71. The quantitative estimate of drug-likeness (QED) is 0.885. The Morgan fingerprint density at radius 2 is 1.89 bits per heavy atom. The van der Waals surface area contributed by atoms with E-state index in [0.29, 0.717) is 14.2 Å². The van der Waals surface area contributed by atoms with Gasteiger partial charge in [-0.25, -0.2) is 0 Å². The SMILES string of the molecule is CN(C(=O)c1ccc(Cl)s1)c1ccc(C(N)=S)cc1. The number of benzene rings is 1. The molecule has 0 spiro atoms. The van der Waals surface area contributed by atoms with Crippen LogP contribution in [-0.4, -0.2) is 17.9 Å². The predicted molar refractivity (Wildman–Crippen MR) is 84.4 cm³/mol. The summed E-state index contributed by atoms with van der Waals surface area (Å²) in [5, 5.41) is 0. The molecule has 0 radical (unpaired) electrons. The first-order valence-corrected chi connectivity index (χ1v) is 7.02. The smallest absolute Gasteiger partial charge is 0.268 e. The average Bonchev–Trinajstić information content (AvgIpc) is 2.84. The van der Waals surface area contributed by atoms with Crippen LogP contribution in [0.2, 0.25) is 4.34 Å². The third-order valence-electron chi connectivity index (χ3n) is 2.63. The highest BCUT2D eigenvalue weighted by Crippen LogP contribution is 2.24. The first kappa shape index (κ1) is 14.0. The molecule has 0 aliphatic carbocycles. The van der Waals surface area contributed by atoms with Gasteiger partial charge in [-0.1, -0.05) is 23.8 Å². The molecular weight excluding hydrogens is 300 g/mol. The lowest BCUT2D eigenvalue weighted by Crippen LogP contribution is -2.25. The molecule has 98 valence electrons. The number of halogens is 1. The number of carbonyl (C=O) groups is 1. The van der Waals surface area contributed by atoms with Gasteiger partial charge in [0.1, 0.15) is 4.99 Å². The van der Waals surface area contributed by atoms with Crippen molar-refractivity contribution >= 4 is 51.7 Å². The second-order valence-corrected chi connectivity index (χ2v) is 6.03. The van der Waals surface area contributed by atoms with Gasteiger partial charge in [0.05, 0.1) is 9.21 Å². The standard InChI is InChI=1S/C13H11ClN2OS2/c1-16(13(17)10-6-7-11(14)19-10)9-4-2-8(3-5-9)12(15)18/h2-7H,1H3,(H2,15,18). The molecule has 6 heteroatoms. The largest absolute Gasteiger partial charge is 0.389 e. The molecule has 0 saturated heterocycles. The molecule has 0 aliphatic rings. The number of anilines is 1. The molecule has 19 heavy (non-hydrogen) atoms. The molecule has 1 heterocycles. The number of thiocarbonyl (C=S) groups is 1. The third kappa shape index (κ3) is 3.12. The van der Waals surface area contributed by atoms with E-state index in [0.717, 1.165) is 11.3 Å². The van der Waals surface area contributed by atoms with Crippen molar-refractivity contribution in [1.82, 2.24) is 0 Å². The van der Waals surface area contributed by atoms with E-state index in [9.17, 15) is 4.79 Å². The summed E-state index contributed by atoms with van der Waals surface area (Å²) in [5.74, 6) is -0.0972. The molecule has 3 nitrogen and oxygen atoms in total. The summed E-state index contributed by atoms with van der Waals surface area (Å²) >= 11 is 12.0. The summed E-state index contributed by atoms with van der Waals surface area (Å²) in [5.41, 5.74) is 7.08. The van der Waals surface area contributed by atoms with Gasteiger partial charge in [0, 0.05) is 18.3 Å². The van der Waals surface area contributed by atoms with Gasteiger partial charge in [-0.15, -0.1) is 11.3 Å². The molecule has 0 bridgehead atoms. The minimum Gasteiger partial charge on any atom is -0.389 e. The number of hydrogen-bond acceptors (Lipinski definition) is 3. The lowest BCUT2D eigenvalue weighted by atomic mass is 10.2. The minimum absolute atomic E-state index is 0.0972. The van der Waals surface area contributed by atoms with Crippen molar-refractivity contribution in [2.45, 2.75) is 0 Å². The van der Waals surface area contributed by atoms with Crippen LogP contribution < -0.4 is 10.6 Å². The van der Waals surface area contributed by atoms with Crippen molar-refractivity contribution < 1.29 is 4.79 Å². The van der Waals surface area contributed by atoms with Gasteiger partial charge in [-0.2, -0.15) is 0 Å². The Hall–Kier alpha value is -1.43. The monoisotopic (exact) mass is 310 g/mol. The molecule has 0 saturated carbocycles. The molecule has 0 aliphatic heterocycles. The number of nitrogens with two attached hydrogens (primary N) is 1. The second-order valence-electron chi connectivity index (χ2n) is 3.88. The number of carbonyl (C=O) groups excluding carboxylic acids is 1. The fraction of sp³-hybridized carbons (Fsp3) is 0.0769. The van der Waals surface area contributed by atoms with Crippen LogP contribution in [0.5, 0.6) is 0 Å². The molecule has 1 aromatic heterocycles. The van der Waals surface area contributed by atoms with E-state index < -0.39 is 0 Å². The molecule has 2 rings (SSSR count). The molecule has 1 aromatic carbocycles. The first-order chi connectivity index (χ1) is 8.99. The zero-order chi connectivity index (χ0) is 14.0. The first-order valence-electron chi connectivity index (χ1n) is 5.42. The summed E-state index contributed by atoms with van der Waals surface area (Å²) in [6.07, 6.45) is 0. The predicted octanol–water partition coefficient (Wildman–Crippen LogP) is 3.31. The van der Waals surface area contributed by atoms with Crippen LogP contribution in [0, 0.1) is 0 Å². The van der Waals surface area contributed by atoms with Crippen molar-refractivity contribution in [2.24, 2.45) is 5.73 Å². The fourth-order valence-electron chi connectivity index (χ4n) is 1.56. The lowest BCUT2D eigenvalue weighted by Gasteiger charge is -2.16. The second kappa shape index (κ2) is 5.69. The maximum Gasteiger partial charge on any atom is 0.268 e. The molecule has 1 amide bonds. The summed E-state index contributed by atoms with van der Waals surface area (Å²) in [6.45, 7) is 0. The Morgan fingerprint density at radius 3 is 2.37 bits per heavy atom. The van der Waals surface area contributed by atoms with Crippen molar-refractivity contribution in [2.75, 3.05) is 11.9 Å². The van der Waals surface area contributed by atoms with E-state index >= 15 is 0 Å². The van der Waals surface area contributed by atoms with Crippen molar-refractivity contribution in [3.63, 3.8) is 0 Å². The minimum atomic E-state index is -0.0972. The Morgan fingerprint density at radius 1 is 1.26 bits per heavy atom. The molecule has 0 atom stereocenters. The zero-order valence-electron chi connectivity index (χ0n) is 10.1. The lowest BCUT2D eigenvalue weighted by molar-refractivity contribution is 0.0997. The van der Waals surface area contributed by atoms with Crippen LogP contribution >= 0.6 is 35.2 Å². The molecule has 0 fully saturated rings. The normalized spacial score (nSPS) is 10.2. The highest BCUT2D eigenvalue weighted by Gasteiger charge is 2.15. The maximum atomic E-state index is 12.2. The Balaban J connectivity index is 2.21. The van der Waals surface area contributed by atoms with E-state index in [2.05, 4.69) is 0 Å². The van der Waals surface area contributed by atoms with E-state index in [4.69, 9.17) is 29.6 Å². The Labute approximate surface area is 125 Å². The topological polar surface area (TPSA) is 46.3 Å². The molecule has 0 unspecified atom stereocenters. The van der Waals surface area contributed by atoms with E-state index in [1.54, 1.807) is 36.2 Å². The van der Waals surface area contributed by atoms with Gasteiger partial charge in [-0.3, -0.25) is 4.79 Å². The number of rotatable bonds is 3. The van der Waals surface area contributed by atoms with E-state index in [1.807, 2.05) is 12.1 Å². The number of thiophene rings is 1. The Bertz CT molecular complexity index is 622. The highest BCUT2D eigenvalue weighted by atomic mass is 35.5. The molecular formula is C13H11ClN2OS2. The van der Waals surface area contributed by atoms with Crippen molar-refractivity contribution in [3.8, 4) is 0 Å². The van der Waals surface area contributed by atoms with Crippen LogP contribution in [0.3, 0.4) is 0 Å². The van der Waals surface area contributed by atoms with Gasteiger partial charge in [0.15, 0.2) is 0 Å². The summed E-state index contributed by atoms with van der Waals surface area (Å²) in [4.78, 5) is 14.7. The van der Waals surface area contributed by atoms with Crippen LogP contribution in [0.4, 0.5) is 5.69 Å². The number of amides is 1. The maximum absolute atomic E-state index is 12.2. The Kier molecular flexibility index (Phi) is 4.19. The van der Waals surface area contributed by atoms with Gasteiger partial charge >= 0.3 is 0 Å². The van der Waals surface area contributed by atoms with E-state index in [-0.39, 0.29) is 5.91 Å². The summed E-state index contributed by atoms with van der Waals surface area (Å²) in [6, 6.07) is 10.6. The van der Waals surface area contributed by atoms with Crippen LogP contribution in [0.25, 0.3) is 0 Å². The van der Waals surface area contributed by atoms with Crippen LogP contribution in [0.15, 0.2) is 36.4 Å².